The Hall–Kier alpha value is -1.30. The lowest BCUT2D eigenvalue weighted by atomic mass is 10.1. The molecule has 21 heavy (non-hydrogen) atoms. The van der Waals surface area contributed by atoms with Gasteiger partial charge in [-0.2, -0.15) is 0 Å². The van der Waals surface area contributed by atoms with Gasteiger partial charge in [-0.05, 0) is 37.9 Å². The number of nitrogens with zero attached hydrogens (tertiary/aromatic N) is 3. The maximum atomic E-state index is 9.91. The van der Waals surface area contributed by atoms with Crippen LogP contribution in [0.25, 0.3) is 10.7 Å². The lowest BCUT2D eigenvalue weighted by Crippen LogP contribution is -2.29. The summed E-state index contributed by atoms with van der Waals surface area (Å²) in [5.74, 6) is 0.429. The Kier molecular flexibility index (Phi) is 4.63. The first kappa shape index (κ1) is 14.6. The lowest BCUT2D eigenvalue weighted by molar-refractivity contribution is 0.108. The van der Waals surface area contributed by atoms with Crippen molar-refractivity contribution in [2.45, 2.75) is 31.9 Å². The van der Waals surface area contributed by atoms with Crippen molar-refractivity contribution in [2.75, 3.05) is 13.6 Å². The van der Waals surface area contributed by atoms with Gasteiger partial charge in [-0.3, -0.25) is 4.98 Å². The first-order valence-corrected chi connectivity index (χ1v) is 8.27. The van der Waals surface area contributed by atoms with Gasteiger partial charge >= 0.3 is 0 Å². The molecule has 0 amide bonds. The lowest BCUT2D eigenvalue weighted by Gasteiger charge is -2.22. The molecule has 112 valence electrons. The minimum atomic E-state index is -0.113. The van der Waals surface area contributed by atoms with Crippen LogP contribution in [-0.2, 0) is 6.54 Å². The highest BCUT2D eigenvalue weighted by molar-refractivity contribution is 7.14. The van der Waals surface area contributed by atoms with Crippen LogP contribution >= 0.6 is 11.3 Å². The van der Waals surface area contributed by atoms with E-state index in [4.69, 9.17) is 0 Å². The Morgan fingerprint density at radius 1 is 1.33 bits per heavy atom. The molecule has 0 radical (unpaired) electrons. The molecular formula is C16H21N3OS. The number of thiazole rings is 1. The Morgan fingerprint density at radius 2 is 2.24 bits per heavy atom. The van der Waals surface area contributed by atoms with E-state index in [1.807, 2.05) is 24.4 Å². The summed E-state index contributed by atoms with van der Waals surface area (Å²) in [5.41, 5.74) is 0.933. The molecule has 1 fully saturated rings. The first-order chi connectivity index (χ1) is 10.2. The maximum Gasteiger partial charge on any atom is 0.142 e. The molecule has 0 bridgehead atoms. The number of aliphatic hydroxyl groups is 1. The van der Waals surface area contributed by atoms with Gasteiger partial charge in [0.1, 0.15) is 5.01 Å². The van der Waals surface area contributed by atoms with Crippen LogP contribution in [0.3, 0.4) is 0 Å². The average Bonchev–Trinajstić information content (AvgIpc) is 3.10. The SMILES string of the molecule is CN(Cc1cnc(-c2ccccn2)s1)CC1CCCC1O. The van der Waals surface area contributed by atoms with Gasteiger partial charge in [0.05, 0.1) is 11.8 Å². The molecule has 0 aliphatic heterocycles. The summed E-state index contributed by atoms with van der Waals surface area (Å²) in [5, 5.41) is 10.9. The Morgan fingerprint density at radius 3 is 2.95 bits per heavy atom. The highest BCUT2D eigenvalue weighted by atomic mass is 32.1. The van der Waals surface area contributed by atoms with Gasteiger partial charge in [0, 0.05) is 30.4 Å². The van der Waals surface area contributed by atoms with Crippen LogP contribution < -0.4 is 0 Å². The van der Waals surface area contributed by atoms with Gasteiger partial charge in [-0.25, -0.2) is 4.98 Å². The fourth-order valence-electron chi connectivity index (χ4n) is 2.95. The first-order valence-electron chi connectivity index (χ1n) is 7.45. The molecule has 3 rings (SSSR count). The number of aliphatic hydroxyl groups excluding tert-OH is 1. The van der Waals surface area contributed by atoms with Crippen LogP contribution in [0, 0.1) is 5.92 Å². The van der Waals surface area contributed by atoms with E-state index in [-0.39, 0.29) is 6.10 Å². The standard InChI is InChI=1S/C16H21N3OS/c1-19(10-12-5-4-7-15(12)20)11-13-9-18-16(21-13)14-6-2-3-8-17-14/h2-3,6,8-9,12,15,20H,4-5,7,10-11H2,1H3. The molecule has 4 nitrogen and oxygen atoms in total. The second kappa shape index (κ2) is 6.64. The van der Waals surface area contributed by atoms with Gasteiger partial charge in [0.15, 0.2) is 0 Å². The summed E-state index contributed by atoms with van der Waals surface area (Å²) in [6.45, 7) is 1.84. The highest BCUT2D eigenvalue weighted by Gasteiger charge is 2.26. The molecule has 2 heterocycles. The molecule has 1 aliphatic rings. The van der Waals surface area contributed by atoms with E-state index in [2.05, 4.69) is 21.9 Å². The van der Waals surface area contributed by atoms with Crippen molar-refractivity contribution in [3.63, 3.8) is 0 Å². The highest BCUT2D eigenvalue weighted by Crippen LogP contribution is 2.27. The van der Waals surface area contributed by atoms with Crippen LogP contribution in [0.4, 0.5) is 0 Å². The maximum absolute atomic E-state index is 9.91. The van der Waals surface area contributed by atoms with E-state index in [0.717, 1.165) is 43.1 Å². The van der Waals surface area contributed by atoms with Crippen molar-refractivity contribution in [2.24, 2.45) is 5.92 Å². The molecule has 0 saturated heterocycles. The molecule has 2 unspecified atom stereocenters. The summed E-state index contributed by atoms with van der Waals surface area (Å²) < 4.78 is 0. The molecule has 2 atom stereocenters. The van der Waals surface area contributed by atoms with Crippen LogP contribution in [0.5, 0.6) is 0 Å². The van der Waals surface area contributed by atoms with Gasteiger partial charge in [0.2, 0.25) is 0 Å². The van der Waals surface area contributed by atoms with Gasteiger partial charge in [-0.15, -0.1) is 11.3 Å². The Bertz CT molecular complexity index is 572. The van der Waals surface area contributed by atoms with Crippen LogP contribution in [0.2, 0.25) is 0 Å². The zero-order valence-corrected chi connectivity index (χ0v) is 13.1. The third-order valence-electron chi connectivity index (χ3n) is 4.03. The summed E-state index contributed by atoms with van der Waals surface area (Å²) >= 11 is 1.70. The number of pyridine rings is 1. The summed E-state index contributed by atoms with van der Waals surface area (Å²) in [6.07, 6.45) is 6.89. The Balaban J connectivity index is 1.59. The van der Waals surface area contributed by atoms with E-state index in [1.54, 1.807) is 17.5 Å². The van der Waals surface area contributed by atoms with Crippen LogP contribution in [-0.4, -0.2) is 39.7 Å². The fraction of sp³-hybridized carbons (Fsp3) is 0.500. The smallest absolute Gasteiger partial charge is 0.142 e. The van der Waals surface area contributed by atoms with Crippen molar-refractivity contribution >= 4 is 11.3 Å². The quantitative estimate of drug-likeness (QED) is 0.923. The molecule has 1 saturated carbocycles. The summed E-state index contributed by atoms with van der Waals surface area (Å²) in [7, 11) is 2.12. The predicted molar refractivity (Wildman–Crippen MR) is 85.0 cm³/mol. The minimum absolute atomic E-state index is 0.113. The summed E-state index contributed by atoms with van der Waals surface area (Å²) in [4.78, 5) is 12.3. The average molecular weight is 303 g/mol. The van der Waals surface area contributed by atoms with Crippen molar-refractivity contribution in [1.82, 2.24) is 14.9 Å². The second-order valence-electron chi connectivity index (χ2n) is 5.80. The number of hydrogen-bond donors (Lipinski definition) is 1. The zero-order valence-electron chi connectivity index (χ0n) is 12.3. The van der Waals surface area contributed by atoms with Gasteiger partial charge in [-0.1, -0.05) is 12.5 Å². The third-order valence-corrected chi connectivity index (χ3v) is 5.03. The van der Waals surface area contributed by atoms with Gasteiger partial charge < -0.3 is 10.0 Å². The van der Waals surface area contributed by atoms with E-state index in [1.165, 1.54) is 4.88 Å². The molecule has 0 spiro atoms. The van der Waals surface area contributed by atoms with Crippen LogP contribution in [0.1, 0.15) is 24.1 Å². The van der Waals surface area contributed by atoms with E-state index in [0.29, 0.717) is 5.92 Å². The molecule has 2 aromatic heterocycles. The normalized spacial score (nSPS) is 22.0. The summed E-state index contributed by atoms with van der Waals surface area (Å²) in [6, 6.07) is 5.89. The van der Waals surface area contributed by atoms with Crippen molar-refractivity contribution in [3.8, 4) is 10.7 Å². The van der Waals surface area contributed by atoms with Crippen molar-refractivity contribution in [3.05, 3.63) is 35.5 Å². The largest absolute Gasteiger partial charge is 0.393 e. The van der Waals surface area contributed by atoms with E-state index < -0.39 is 0 Å². The third kappa shape index (κ3) is 3.67. The topological polar surface area (TPSA) is 49.2 Å². The minimum Gasteiger partial charge on any atom is -0.393 e. The molecular weight excluding hydrogens is 282 g/mol. The number of rotatable bonds is 5. The second-order valence-corrected chi connectivity index (χ2v) is 6.92. The molecule has 2 aromatic rings. The molecule has 0 aromatic carbocycles. The van der Waals surface area contributed by atoms with E-state index in [9.17, 15) is 5.11 Å². The monoisotopic (exact) mass is 303 g/mol. The number of aromatic nitrogens is 2. The Labute approximate surface area is 129 Å². The van der Waals surface area contributed by atoms with Crippen molar-refractivity contribution in [1.29, 1.82) is 0 Å². The molecule has 5 heteroatoms. The predicted octanol–water partition coefficient (Wildman–Crippen LogP) is 2.80. The zero-order chi connectivity index (χ0) is 14.7. The molecule has 1 N–H and O–H groups in total. The van der Waals surface area contributed by atoms with Crippen LogP contribution in [0.15, 0.2) is 30.6 Å². The number of hydrogen-bond acceptors (Lipinski definition) is 5. The van der Waals surface area contributed by atoms with Crippen molar-refractivity contribution < 1.29 is 5.11 Å². The van der Waals surface area contributed by atoms with Gasteiger partial charge in [0.25, 0.3) is 0 Å². The molecule has 1 aliphatic carbocycles. The fourth-order valence-corrected chi connectivity index (χ4v) is 3.92. The van der Waals surface area contributed by atoms with E-state index >= 15 is 0 Å².